The second-order valence-corrected chi connectivity index (χ2v) is 33.6. The third-order valence-electron chi connectivity index (χ3n) is 18.6. The van der Waals surface area contributed by atoms with E-state index in [0.717, 1.165) is 114 Å². The van der Waals surface area contributed by atoms with Gasteiger partial charge in [-0.2, -0.15) is 0 Å². The number of phosphoric ester groups is 2. The molecule has 0 rings (SSSR count). The molecule has 0 aromatic rings. The first kappa shape index (κ1) is 97.1. The van der Waals surface area contributed by atoms with Crippen LogP contribution in [0.15, 0.2) is 0 Å². The van der Waals surface area contributed by atoms with Crippen LogP contribution in [0.25, 0.3) is 0 Å². The molecule has 0 aromatic heterocycles. The fourth-order valence-corrected chi connectivity index (χ4v) is 13.8. The molecular weight excluding hydrogens is 1290 g/mol. The second-order valence-electron chi connectivity index (χ2n) is 30.7. The maximum absolute atomic E-state index is 13.1. The quantitative estimate of drug-likeness (QED) is 0.0222. The number of aliphatic hydroxyl groups is 1. The summed E-state index contributed by atoms with van der Waals surface area (Å²) in [6, 6.07) is 0. The molecule has 99 heavy (non-hydrogen) atoms. The molecular formula is C80H156O17P2. The third kappa shape index (κ3) is 74.1. The van der Waals surface area contributed by atoms with Crippen molar-refractivity contribution in [3.05, 3.63) is 0 Å². The summed E-state index contributed by atoms with van der Waals surface area (Å²) in [6.45, 7) is 14.2. The van der Waals surface area contributed by atoms with Crippen molar-refractivity contribution < 1.29 is 80.2 Å². The summed E-state index contributed by atoms with van der Waals surface area (Å²) in [5.74, 6) is 0.948. The zero-order valence-corrected chi connectivity index (χ0v) is 66.9. The van der Waals surface area contributed by atoms with E-state index in [1.54, 1.807) is 0 Å². The number of ether oxygens (including phenoxy) is 4. The van der Waals surface area contributed by atoms with Crippen molar-refractivity contribution in [2.45, 2.75) is 427 Å². The number of unbranched alkanes of at least 4 members (excludes halogenated alkanes) is 43. The molecule has 0 aromatic carbocycles. The molecule has 588 valence electrons. The molecule has 0 heterocycles. The number of carbonyl (C=O) groups is 4. The van der Waals surface area contributed by atoms with Crippen LogP contribution in [0, 0.1) is 23.7 Å². The maximum atomic E-state index is 13.1. The summed E-state index contributed by atoms with van der Waals surface area (Å²) in [6.07, 6.45) is 55.6. The Kier molecular flexibility index (Phi) is 67.8. The minimum Gasteiger partial charge on any atom is -0.462 e. The molecule has 0 bridgehead atoms. The van der Waals surface area contributed by atoms with Gasteiger partial charge in [0.25, 0.3) is 0 Å². The van der Waals surface area contributed by atoms with E-state index in [9.17, 15) is 43.2 Å². The minimum absolute atomic E-state index is 0.106. The molecule has 0 aliphatic carbocycles. The highest BCUT2D eigenvalue weighted by Crippen LogP contribution is 2.45. The van der Waals surface area contributed by atoms with Crippen LogP contribution in [0.4, 0.5) is 0 Å². The Hall–Kier alpha value is -1.94. The molecule has 0 amide bonds. The van der Waals surface area contributed by atoms with Crippen LogP contribution in [-0.2, 0) is 65.4 Å². The van der Waals surface area contributed by atoms with Crippen molar-refractivity contribution in [3.63, 3.8) is 0 Å². The van der Waals surface area contributed by atoms with Gasteiger partial charge in [0, 0.05) is 25.7 Å². The Labute approximate surface area is 607 Å². The van der Waals surface area contributed by atoms with Crippen molar-refractivity contribution >= 4 is 39.5 Å². The fourth-order valence-electron chi connectivity index (χ4n) is 12.3. The van der Waals surface area contributed by atoms with E-state index >= 15 is 0 Å². The van der Waals surface area contributed by atoms with Crippen molar-refractivity contribution in [2.75, 3.05) is 39.6 Å². The number of carbonyl (C=O) groups excluding carboxylic acids is 4. The van der Waals surface area contributed by atoms with Crippen molar-refractivity contribution in [2.24, 2.45) is 23.7 Å². The normalized spacial score (nSPS) is 14.1. The first-order valence-corrected chi connectivity index (χ1v) is 44.2. The minimum atomic E-state index is -4.96. The zero-order valence-electron chi connectivity index (χ0n) is 65.1. The van der Waals surface area contributed by atoms with Gasteiger partial charge in [0.2, 0.25) is 0 Å². The highest BCUT2D eigenvalue weighted by molar-refractivity contribution is 7.47. The summed E-state index contributed by atoms with van der Waals surface area (Å²) in [5, 5.41) is 10.6. The van der Waals surface area contributed by atoms with Crippen molar-refractivity contribution in [1.29, 1.82) is 0 Å². The van der Waals surface area contributed by atoms with E-state index in [2.05, 4.69) is 55.4 Å². The van der Waals surface area contributed by atoms with Crippen molar-refractivity contribution in [1.82, 2.24) is 0 Å². The largest absolute Gasteiger partial charge is 0.472 e. The fraction of sp³-hybridized carbons (Fsp3) is 0.950. The molecule has 3 N–H and O–H groups in total. The summed E-state index contributed by atoms with van der Waals surface area (Å²) in [5.41, 5.74) is 0. The topological polar surface area (TPSA) is 237 Å². The lowest BCUT2D eigenvalue weighted by molar-refractivity contribution is -0.161. The number of esters is 4. The van der Waals surface area contributed by atoms with Crippen molar-refractivity contribution in [3.8, 4) is 0 Å². The van der Waals surface area contributed by atoms with Gasteiger partial charge in [-0.1, -0.05) is 357 Å². The van der Waals surface area contributed by atoms with Crippen LogP contribution < -0.4 is 0 Å². The van der Waals surface area contributed by atoms with Crippen LogP contribution in [0.1, 0.15) is 409 Å². The van der Waals surface area contributed by atoms with E-state index in [0.29, 0.717) is 31.6 Å². The summed E-state index contributed by atoms with van der Waals surface area (Å²) < 4.78 is 68.7. The van der Waals surface area contributed by atoms with Gasteiger partial charge in [-0.05, 0) is 49.4 Å². The summed E-state index contributed by atoms with van der Waals surface area (Å²) in [4.78, 5) is 73.0. The van der Waals surface area contributed by atoms with Crippen LogP contribution in [-0.4, -0.2) is 96.7 Å². The van der Waals surface area contributed by atoms with E-state index in [1.165, 1.54) is 205 Å². The SMILES string of the molecule is CC(C)CCCCCCCCCCCCCCCCCCC(=O)OC[C@H](COP(=O)(O)OCC(O)COP(=O)(O)OC[C@@H](COC(=O)CCCCCCCCCC(C)C)OC(=O)CCCCCCCCCCCCCCCCC(C)C)OC(=O)CCCCCCCCCCCCC(C)C. The highest BCUT2D eigenvalue weighted by atomic mass is 31.2. The van der Waals surface area contributed by atoms with E-state index < -0.39 is 97.5 Å². The van der Waals surface area contributed by atoms with E-state index in [1.807, 2.05) is 0 Å². The van der Waals surface area contributed by atoms with Crippen LogP contribution in [0.3, 0.4) is 0 Å². The van der Waals surface area contributed by atoms with Gasteiger partial charge < -0.3 is 33.8 Å². The number of aliphatic hydroxyl groups excluding tert-OH is 1. The molecule has 0 radical (unpaired) electrons. The number of hydrogen-bond acceptors (Lipinski definition) is 15. The smallest absolute Gasteiger partial charge is 0.462 e. The third-order valence-corrected chi connectivity index (χ3v) is 20.5. The van der Waals surface area contributed by atoms with Crippen LogP contribution in [0.2, 0.25) is 0 Å². The molecule has 0 saturated heterocycles. The second kappa shape index (κ2) is 69.1. The zero-order chi connectivity index (χ0) is 73.1. The predicted molar refractivity (Wildman–Crippen MR) is 404 cm³/mol. The van der Waals surface area contributed by atoms with Gasteiger partial charge in [-0.3, -0.25) is 37.3 Å². The molecule has 0 saturated carbocycles. The Morgan fingerprint density at radius 1 is 0.253 bits per heavy atom. The Bertz CT molecular complexity index is 1940. The summed E-state index contributed by atoms with van der Waals surface area (Å²) >= 11 is 0. The molecule has 17 nitrogen and oxygen atoms in total. The van der Waals surface area contributed by atoms with Gasteiger partial charge in [0.1, 0.15) is 19.3 Å². The molecule has 0 fully saturated rings. The van der Waals surface area contributed by atoms with E-state index in [4.69, 9.17) is 37.0 Å². The van der Waals surface area contributed by atoms with Gasteiger partial charge in [0.15, 0.2) is 12.2 Å². The Morgan fingerprint density at radius 2 is 0.424 bits per heavy atom. The van der Waals surface area contributed by atoms with Gasteiger partial charge >= 0.3 is 39.5 Å². The Morgan fingerprint density at radius 3 is 0.626 bits per heavy atom. The lowest BCUT2D eigenvalue weighted by atomic mass is 10.0. The standard InChI is InChI=1S/C80H156O17P2/c1-70(2)56-48-40-32-25-19-15-11-9-10-12-17-21-28-36-44-52-60-77(82)90-66-75(96-80(85)63-55-47-38-30-24-23-27-34-42-50-58-72(5)6)68-94-98(86,87)92-64-74(81)65-93-99(88,89)95-69-76(67-91-78(83)61-53-45-39-31-35-43-51-59-73(7)8)97-79(84)62-54-46-37-29-22-18-14-13-16-20-26-33-41-49-57-71(3)4/h70-76,81H,9-69H2,1-8H3,(H,86,87)(H,88,89)/t74?,75-,76-/m1/s1. The molecule has 3 unspecified atom stereocenters. The number of rotatable bonds is 77. The number of hydrogen-bond donors (Lipinski definition) is 3. The predicted octanol–water partition coefficient (Wildman–Crippen LogP) is 23.6. The lowest BCUT2D eigenvalue weighted by Crippen LogP contribution is -2.30. The molecule has 0 spiro atoms. The van der Waals surface area contributed by atoms with E-state index in [-0.39, 0.29) is 25.7 Å². The monoisotopic (exact) mass is 1450 g/mol. The maximum Gasteiger partial charge on any atom is 0.472 e. The van der Waals surface area contributed by atoms with Gasteiger partial charge in [0.05, 0.1) is 26.4 Å². The first-order chi connectivity index (χ1) is 47.6. The molecule has 0 aliphatic heterocycles. The first-order valence-electron chi connectivity index (χ1n) is 41.2. The van der Waals surface area contributed by atoms with Gasteiger partial charge in [-0.25, -0.2) is 9.13 Å². The van der Waals surface area contributed by atoms with Crippen LogP contribution >= 0.6 is 15.6 Å². The van der Waals surface area contributed by atoms with Crippen LogP contribution in [0.5, 0.6) is 0 Å². The Balaban J connectivity index is 5.21. The lowest BCUT2D eigenvalue weighted by Gasteiger charge is -2.21. The highest BCUT2D eigenvalue weighted by Gasteiger charge is 2.30. The average molecular weight is 1450 g/mol. The molecule has 19 heteroatoms. The summed E-state index contributed by atoms with van der Waals surface area (Å²) in [7, 11) is -9.92. The molecule has 0 aliphatic rings. The van der Waals surface area contributed by atoms with Gasteiger partial charge in [-0.15, -0.1) is 0 Å². The number of phosphoric acid groups is 2. The molecule has 5 atom stereocenters. The average Bonchev–Trinajstić information content (AvgIpc) is 0.997.